The van der Waals surface area contributed by atoms with Gasteiger partial charge in [0.2, 0.25) is 0 Å². The zero-order chi connectivity index (χ0) is 19.6. The van der Waals surface area contributed by atoms with Crippen molar-refractivity contribution in [3.05, 3.63) is 53.2 Å². The molecule has 150 valence electrons. The van der Waals surface area contributed by atoms with Gasteiger partial charge in [-0.2, -0.15) is 13.2 Å². The predicted octanol–water partition coefficient (Wildman–Crippen LogP) is 7.86. The first-order valence-electron chi connectivity index (χ1n) is 10.7. The molecule has 2 aromatic rings. The third-order valence-electron chi connectivity index (χ3n) is 6.54. The van der Waals surface area contributed by atoms with Crippen LogP contribution in [0.2, 0.25) is 0 Å². The number of pyridine rings is 1. The number of halogens is 3. The van der Waals surface area contributed by atoms with E-state index in [4.69, 9.17) is 0 Å². The highest BCUT2D eigenvalue weighted by Crippen LogP contribution is 2.46. The molecule has 1 nitrogen and oxygen atoms in total. The zero-order valence-electron chi connectivity index (χ0n) is 16.3. The third kappa shape index (κ3) is 4.11. The summed E-state index contributed by atoms with van der Waals surface area (Å²) in [5.41, 5.74) is 3.11. The van der Waals surface area contributed by atoms with Gasteiger partial charge in [-0.3, -0.25) is 4.98 Å². The van der Waals surface area contributed by atoms with Gasteiger partial charge in [0, 0.05) is 11.8 Å². The van der Waals surface area contributed by atoms with Gasteiger partial charge in [-0.05, 0) is 72.9 Å². The van der Waals surface area contributed by atoms with Crippen molar-refractivity contribution in [2.45, 2.75) is 82.2 Å². The van der Waals surface area contributed by atoms with Crippen LogP contribution in [0.3, 0.4) is 0 Å². The minimum Gasteiger partial charge on any atom is -0.256 e. The standard InChI is InChI=1S/C24H28F3N/c25-24(26,27)19-15-20(17-9-3-1-4-10-17)23(22-13-7-8-14-28-22)21(16-19)18-11-5-2-6-12-18/h7-8,13-18H,1-6,9-12H2. The average molecular weight is 387 g/mol. The second-order valence-corrected chi connectivity index (χ2v) is 8.41. The van der Waals surface area contributed by atoms with Gasteiger partial charge in [0.25, 0.3) is 0 Å². The Hall–Kier alpha value is -1.84. The maximum Gasteiger partial charge on any atom is 0.416 e. The summed E-state index contributed by atoms with van der Waals surface area (Å²) in [5, 5.41) is 0. The fourth-order valence-electron chi connectivity index (χ4n) is 5.13. The van der Waals surface area contributed by atoms with Crippen molar-refractivity contribution in [3.8, 4) is 11.3 Å². The van der Waals surface area contributed by atoms with Crippen molar-refractivity contribution in [2.75, 3.05) is 0 Å². The molecule has 1 aromatic heterocycles. The van der Waals surface area contributed by atoms with Crippen molar-refractivity contribution >= 4 is 0 Å². The minimum absolute atomic E-state index is 0.204. The fraction of sp³-hybridized carbons (Fsp3) is 0.542. The van der Waals surface area contributed by atoms with Gasteiger partial charge in [-0.25, -0.2) is 0 Å². The number of alkyl halides is 3. The lowest BCUT2D eigenvalue weighted by atomic mass is 9.75. The summed E-state index contributed by atoms with van der Waals surface area (Å²) in [6, 6.07) is 8.64. The normalized spacial score (nSPS) is 19.7. The van der Waals surface area contributed by atoms with Gasteiger partial charge in [-0.15, -0.1) is 0 Å². The van der Waals surface area contributed by atoms with Crippen molar-refractivity contribution < 1.29 is 13.2 Å². The second-order valence-electron chi connectivity index (χ2n) is 8.41. The summed E-state index contributed by atoms with van der Waals surface area (Å²) < 4.78 is 41.4. The summed E-state index contributed by atoms with van der Waals surface area (Å²) in [5.74, 6) is 0.408. The molecule has 0 atom stereocenters. The van der Waals surface area contributed by atoms with E-state index >= 15 is 0 Å². The molecule has 0 N–H and O–H groups in total. The highest BCUT2D eigenvalue weighted by molar-refractivity contribution is 5.70. The van der Waals surface area contributed by atoms with Crippen LogP contribution < -0.4 is 0 Å². The van der Waals surface area contributed by atoms with Crippen LogP contribution in [0.5, 0.6) is 0 Å². The highest BCUT2D eigenvalue weighted by Gasteiger charge is 2.35. The van der Waals surface area contributed by atoms with Crippen LogP contribution >= 0.6 is 0 Å². The maximum absolute atomic E-state index is 13.8. The Bertz CT molecular complexity index is 746. The molecule has 0 radical (unpaired) electrons. The average Bonchev–Trinajstić information content (AvgIpc) is 2.74. The summed E-state index contributed by atoms with van der Waals surface area (Å²) in [7, 11) is 0. The Morgan fingerprint density at radius 1 is 0.750 bits per heavy atom. The molecule has 0 bridgehead atoms. The number of nitrogens with zero attached hydrogens (tertiary/aromatic N) is 1. The lowest BCUT2D eigenvalue weighted by Crippen LogP contribution is -2.15. The number of hydrogen-bond acceptors (Lipinski definition) is 1. The summed E-state index contributed by atoms with van der Waals surface area (Å²) >= 11 is 0. The Labute approximate surface area is 165 Å². The molecule has 0 amide bonds. The first-order chi connectivity index (χ1) is 13.5. The monoisotopic (exact) mass is 387 g/mol. The van der Waals surface area contributed by atoms with Crippen LogP contribution in [0.1, 0.15) is 92.7 Å². The largest absolute Gasteiger partial charge is 0.416 e. The molecule has 2 aliphatic carbocycles. The Kier molecular flexibility index (Phi) is 5.75. The smallest absolute Gasteiger partial charge is 0.256 e. The van der Waals surface area contributed by atoms with Crippen molar-refractivity contribution in [3.63, 3.8) is 0 Å². The van der Waals surface area contributed by atoms with Crippen LogP contribution in [-0.4, -0.2) is 4.98 Å². The molecule has 0 unspecified atom stereocenters. The molecule has 2 fully saturated rings. The van der Waals surface area contributed by atoms with Crippen molar-refractivity contribution in [1.82, 2.24) is 4.98 Å². The SMILES string of the molecule is FC(F)(F)c1cc(C2CCCCC2)c(-c2ccccn2)c(C2CCCCC2)c1. The van der Waals surface area contributed by atoms with Crippen LogP contribution in [0.25, 0.3) is 11.3 Å². The zero-order valence-corrected chi connectivity index (χ0v) is 16.3. The quantitative estimate of drug-likeness (QED) is 0.522. The van der Waals surface area contributed by atoms with Gasteiger partial charge in [-0.1, -0.05) is 44.6 Å². The Morgan fingerprint density at radius 2 is 1.29 bits per heavy atom. The Morgan fingerprint density at radius 3 is 1.71 bits per heavy atom. The number of benzene rings is 1. The van der Waals surface area contributed by atoms with E-state index in [1.807, 2.05) is 18.2 Å². The number of rotatable bonds is 3. The number of hydrogen-bond donors (Lipinski definition) is 0. The fourth-order valence-corrected chi connectivity index (χ4v) is 5.13. The second kappa shape index (κ2) is 8.26. The first-order valence-corrected chi connectivity index (χ1v) is 10.7. The van der Waals surface area contributed by atoms with Gasteiger partial charge in [0.15, 0.2) is 0 Å². The molecule has 2 saturated carbocycles. The third-order valence-corrected chi connectivity index (χ3v) is 6.54. The molecule has 2 aliphatic rings. The lowest BCUT2D eigenvalue weighted by molar-refractivity contribution is -0.137. The molecule has 4 rings (SSSR count). The van der Waals surface area contributed by atoms with Gasteiger partial charge in [0.05, 0.1) is 11.3 Å². The van der Waals surface area contributed by atoms with Crippen molar-refractivity contribution in [1.29, 1.82) is 0 Å². The van der Waals surface area contributed by atoms with Gasteiger partial charge in [0.1, 0.15) is 0 Å². The summed E-state index contributed by atoms with van der Waals surface area (Å²) in [4.78, 5) is 4.57. The maximum atomic E-state index is 13.8. The van der Waals surface area contributed by atoms with E-state index in [2.05, 4.69) is 4.98 Å². The molecular formula is C24H28F3N. The van der Waals surface area contributed by atoms with E-state index in [9.17, 15) is 13.2 Å². The van der Waals surface area contributed by atoms with E-state index < -0.39 is 11.7 Å². The molecule has 28 heavy (non-hydrogen) atoms. The molecule has 1 heterocycles. The molecule has 4 heteroatoms. The summed E-state index contributed by atoms with van der Waals surface area (Å²) in [6.07, 6.45) is 8.11. The van der Waals surface area contributed by atoms with E-state index in [-0.39, 0.29) is 11.8 Å². The Balaban J connectivity index is 1.92. The van der Waals surface area contributed by atoms with Gasteiger partial charge >= 0.3 is 6.18 Å². The van der Waals surface area contributed by atoms with Gasteiger partial charge < -0.3 is 0 Å². The summed E-state index contributed by atoms with van der Waals surface area (Å²) in [6.45, 7) is 0. The molecular weight excluding hydrogens is 359 g/mol. The first kappa shape index (κ1) is 19.5. The highest BCUT2D eigenvalue weighted by atomic mass is 19.4. The predicted molar refractivity (Wildman–Crippen MR) is 106 cm³/mol. The van der Waals surface area contributed by atoms with E-state index in [0.717, 1.165) is 73.8 Å². The van der Waals surface area contributed by atoms with Crippen LogP contribution in [0, 0.1) is 0 Å². The van der Waals surface area contributed by atoms with E-state index in [1.54, 1.807) is 6.20 Å². The van der Waals surface area contributed by atoms with Crippen LogP contribution in [0.4, 0.5) is 13.2 Å². The van der Waals surface area contributed by atoms with Crippen LogP contribution in [0.15, 0.2) is 36.5 Å². The molecule has 0 spiro atoms. The van der Waals surface area contributed by atoms with E-state index in [0.29, 0.717) is 0 Å². The van der Waals surface area contributed by atoms with Crippen LogP contribution in [-0.2, 0) is 6.18 Å². The minimum atomic E-state index is -4.31. The lowest BCUT2D eigenvalue weighted by Gasteiger charge is -2.30. The van der Waals surface area contributed by atoms with Crippen molar-refractivity contribution in [2.24, 2.45) is 0 Å². The molecule has 1 aromatic carbocycles. The van der Waals surface area contributed by atoms with E-state index in [1.165, 1.54) is 25.0 Å². The topological polar surface area (TPSA) is 12.9 Å². The molecule has 0 aliphatic heterocycles. The number of aromatic nitrogens is 1. The molecule has 0 saturated heterocycles.